The average molecular weight is 585 g/mol. The summed E-state index contributed by atoms with van der Waals surface area (Å²) in [4.78, 5) is 18.5. The number of ether oxygens (including phenoxy) is 1. The molecule has 0 aliphatic rings. The van der Waals surface area contributed by atoms with Gasteiger partial charge in [-0.3, -0.25) is 4.79 Å². The van der Waals surface area contributed by atoms with Gasteiger partial charge >= 0.3 is 5.92 Å². The number of alkyl halides is 2. The van der Waals surface area contributed by atoms with Crippen LogP contribution in [0.1, 0.15) is 35.3 Å². The Morgan fingerprint density at radius 3 is 2.26 bits per heavy atom. The summed E-state index contributed by atoms with van der Waals surface area (Å²) in [7, 11) is 0. The molecule has 8 heteroatoms. The summed E-state index contributed by atoms with van der Waals surface area (Å²) in [5.74, 6) is -2.71. The molecule has 1 aromatic heterocycles. The van der Waals surface area contributed by atoms with E-state index in [1.54, 1.807) is 48.5 Å². The van der Waals surface area contributed by atoms with Crippen LogP contribution in [-0.4, -0.2) is 29.0 Å². The third kappa shape index (κ3) is 7.66. The van der Waals surface area contributed by atoms with Crippen molar-refractivity contribution in [2.45, 2.75) is 38.0 Å². The lowest BCUT2D eigenvalue weighted by atomic mass is 10.0. The predicted octanol–water partition coefficient (Wildman–Crippen LogP) is 6.06. The summed E-state index contributed by atoms with van der Waals surface area (Å²) in [6.45, 7) is 1.80. The monoisotopic (exact) mass is 584 g/mol. The van der Waals surface area contributed by atoms with Gasteiger partial charge in [-0.15, -0.1) is 4.73 Å². The molecule has 0 bridgehead atoms. The number of nitrogens with one attached hydrogen (secondary N) is 1. The van der Waals surface area contributed by atoms with Crippen molar-refractivity contribution in [1.29, 1.82) is 0 Å². The average Bonchev–Trinajstić information content (AvgIpc) is 3.03. The van der Waals surface area contributed by atoms with Crippen LogP contribution in [0.15, 0.2) is 120 Å². The molecule has 0 saturated carbocycles. The Bertz CT molecular complexity index is 1680. The fraction of sp³-hybridized carbons (Fsp3) is 0.229. The molecular weight excluding hydrogens is 550 g/mol. The molecule has 43 heavy (non-hydrogen) atoms. The van der Waals surface area contributed by atoms with Crippen LogP contribution >= 0.6 is 0 Å². The number of hydrogen-bond donors (Lipinski definition) is 2. The Morgan fingerprint density at radius 2 is 1.53 bits per heavy atom. The first kappa shape index (κ1) is 29.9. The summed E-state index contributed by atoms with van der Waals surface area (Å²) in [5.41, 5.74) is 2.83. The van der Waals surface area contributed by atoms with Gasteiger partial charge in [0.2, 0.25) is 0 Å². The number of nitrogens with zero attached hydrogens (tertiary/aromatic N) is 1. The zero-order chi connectivity index (χ0) is 30.2. The first-order valence-corrected chi connectivity index (χ1v) is 14.2. The molecule has 0 saturated heterocycles. The Hall–Kier alpha value is -4.53. The number of fused-ring (bicyclic) bond motifs is 1. The van der Waals surface area contributed by atoms with Crippen LogP contribution in [0.5, 0.6) is 5.75 Å². The zero-order valence-electron chi connectivity index (χ0n) is 23.8. The molecule has 0 unspecified atom stereocenters. The van der Waals surface area contributed by atoms with Crippen molar-refractivity contribution in [3.8, 4) is 5.75 Å². The molecule has 0 aliphatic heterocycles. The van der Waals surface area contributed by atoms with E-state index in [1.165, 1.54) is 22.9 Å². The minimum atomic E-state index is -3.09. The third-order valence-electron chi connectivity index (χ3n) is 7.23. The molecular formula is C35H34F2N2O4. The second-order valence-corrected chi connectivity index (χ2v) is 10.5. The van der Waals surface area contributed by atoms with E-state index < -0.39 is 18.6 Å². The molecule has 0 aliphatic carbocycles. The van der Waals surface area contributed by atoms with Gasteiger partial charge in [-0.1, -0.05) is 84.9 Å². The van der Waals surface area contributed by atoms with Gasteiger partial charge in [0.1, 0.15) is 12.4 Å². The number of aliphatic hydroxyl groups excluding tert-OH is 1. The fourth-order valence-electron chi connectivity index (χ4n) is 4.92. The highest BCUT2D eigenvalue weighted by Crippen LogP contribution is 2.29. The van der Waals surface area contributed by atoms with E-state index in [0.717, 1.165) is 16.5 Å². The maximum absolute atomic E-state index is 14.4. The largest absolute Gasteiger partial charge is 0.487 e. The summed E-state index contributed by atoms with van der Waals surface area (Å²) in [6.07, 6.45) is -0.163. The van der Waals surface area contributed by atoms with Crippen LogP contribution in [0.3, 0.4) is 0 Å². The van der Waals surface area contributed by atoms with Crippen molar-refractivity contribution in [3.05, 3.63) is 148 Å². The topological polar surface area (TPSA) is 72.7 Å². The number of pyridine rings is 1. The van der Waals surface area contributed by atoms with Crippen LogP contribution in [0.2, 0.25) is 0 Å². The number of hydrogen-bond acceptors (Lipinski definition) is 5. The Morgan fingerprint density at radius 1 is 0.837 bits per heavy atom. The minimum absolute atomic E-state index is 0.0196. The highest BCUT2D eigenvalue weighted by atomic mass is 19.3. The van der Waals surface area contributed by atoms with E-state index >= 15 is 0 Å². The molecule has 222 valence electrons. The smallest absolute Gasteiger partial charge is 0.306 e. The quantitative estimate of drug-likeness (QED) is 0.176. The Kier molecular flexibility index (Phi) is 9.49. The molecule has 5 rings (SSSR count). The predicted molar refractivity (Wildman–Crippen MR) is 163 cm³/mol. The van der Waals surface area contributed by atoms with Crippen molar-refractivity contribution >= 4 is 10.9 Å². The van der Waals surface area contributed by atoms with Gasteiger partial charge < -0.3 is 20.0 Å². The van der Waals surface area contributed by atoms with Gasteiger partial charge in [0.15, 0.2) is 6.61 Å². The normalized spacial score (nSPS) is 13.0. The summed E-state index contributed by atoms with van der Waals surface area (Å²) < 4.78 is 35.5. The zero-order valence-corrected chi connectivity index (χ0v) is 23.8. The van der Waals surface area contributed by atoms with Crippen LogP contribution in [0.4, 0.5) is 8.78 Å². The lowest BCUT2D eigenvalue weighted by molar-refractivity contribution is -0.0467. The lowest BCUT2D eigenvalue weighted by Gasteiger charge is -2.20. The molecule has 2 N–H and O–H groups in total. The molecule has 0 fully saturated rings. The van der Waals surface area contributed by atoms with E-state index in [2.05, 4.69) is 5.32 Å². The SMILES string of the molecule is C[C@@H](Cc1ccc(OCC(F)(F)c2ccccc2)cc1)NC[C@@H](O)c1cccc2c1ccc(=O)n2OCc1ccccc1. The van der Waals surface area contributed by atoms with Crippen molar-refractivity contribution in [1.82, 2.24) is 10.0 Å². The van der Waals surface area contributed by atoms with E-state index in [-0.39, 0.29) is 23.8 Å². The van der Waals surface area contributed by atoms with E-state index in [9.17, 15) is 18.7 Å². The van der Waals surface area contributed by atoms with Crippen LogP contribution in [-0.2, 0) is 19.0 Å². The van der Waals surface area contributed by atoms with Gasteiger partial charge in [-0.25, -0.2) is 0 Å². The van der Waals surface area contributed by atoms with E-state index in [1.807, 2.05) is 55.5 Å². The van der Waals surface area contributed by atoms with Gasteiger partial charge in [-0.2, -0.15) is 8.78 Å². The van der Waals surface area contributed by atoms with Gasteiger partial charge in [0.05, 0.1) is 11.6 Å². The molecule has 6 nitrogen and oxygen atoms in total. The standard InChI is InChI=1S/C35H34F2N2O4/c1-25(21-26-15-17-29(18-16-26)42-24-35(36,37)28-11-6-3-7-12-28)38-22-33(40)31-13-8-14-32-30(31)19-20-34(41)39(32)43-23-27-9-4-2-5-10-27/h2-20,25,33,38,40H,21-24H2,1H3/t25-,33+/m0/s1. The molecule has 2 atom stereocenters. The number of benzene rings is 4. The maximum Gasteiger partial charge on any atom is 0.306 e. The maximum atomic E-state index is 14.4. The Labute approximate surface area is 249 Å². The first-order chi connectivity index (χ1) is 20.8. The highest BCUT2D eigenvalue weighted by molar-refractivity contribution is 5.82. The second kappa shape index (κ2) is 13.6. The summed E-state index contributed by atoms with van der Waals surface area (Å²) >= 11 is 0. The van der Waals surface area contributed by atoms with Crippen molar-refractivity contribution in [2.75, 3.05) is 13.2 Å². The molecule has 1 heterocycles. The molecule has 0 amide bonds. The highest BCUT2D eigenvalue weighted by Gasteiger charge is 2.32. The second-order valence-electron chi connectivity index (χ2n) is 10.5. The number of halogens is 2. The first-order valence-electron chi connectivity index (χ1n) is 14.2. The number of aliphatic hydroxyl groups is 1. The number of rotatable bonds is 13. The molecule has 0 spiro atoms. The minimum Gasteiger partial charge on any atom is -0.487 e. The van der Waals surface area contributed by atoms with E-state index in [4.69, 9.17) is 9.57 Å². The van der Waals surface area contributed by atoms with E-state index in [0.29, 0.717) is 29.8 Å². The van der Waals surface area contributed by atoms with Gasteiger partial charge in [-0.05, 0) is 54.3 Å². The third-order valence-corrected chi connectivity index (χ3v) is 7.23. The molecule has 0 radical (unpaired) electrons. The molecule has 4 aromatic carbocycles. The fourth-order valence-corrected chi connectivity index (χ4v) is 4.92. The van der Waals surface area contributed by atoms with Gasteiger partial charge in [0, 0.05) is 29.6 Å². The molecule has 5 aromatic rings. The van der Waals surface area contributed by atoms with Crippen LogP contribution < -0.4 is 20.5 Å². The van der Waals surface area contributed by atoms with Crippen LogP contribution in [0.25, 0.3) is 10.9 Å². The number of aromatic nitrogens is 1. The lowest BCUT2D eigenvalue weighted by Crippen LogP contribution is -2.32. The summed E-state index contributed by atoms with van der Waals surface area (Å²) in [6, 6.07) is 32.9. The van der Waals surface area contributed by atoms with Gasteiger partial charge in [0.25, 0.3) is 5.56 Å². The van der Waals surface area contributed by atoms with Crippen molar-refractivity contribution < 1.29 is 23.5 Å². The van der Waals surface area contributed by atoms with Crippen LogP contribution in [0, 0.1) is 0 Å². The van der Waals surface area contributed by atoms with Crippen molar-refractivity contribution in [3.63, 3.8) is 0 Å². The van der Waals surface area contributed by atoms with Crippen molar-refractivity contribution in [2.24, 2.45) is 0 Å². The Balaban J connectivity index is 1.16. The summed E-state index contributed by atoms with van der Waals surface area (Å²) in [5, 5.41) is 15.2.